The van der Waals surface area contributed by atoms with Gasteiger partial charge in [-0.1, -0.05) is 44.2 Å². The van der Waals surface area contributed by atoms with Crippen LogP contribution < -0.4 is 0 Å². The van der Waals surface area contributed by atoms with Crippen LogP contribution in [-0.2, 0) is 21.4 Å². The Bertz CT molecular complexity index is 867. The molecular weight excluding hydrogens is 415 g/mol. The molecule has 2 fully saturated rings. The van der Waals surface area contributed by atoms with Gasteiger partial charge in [0.25, 0.3) is 0 Å². The smallest absolute Gasteiger partial charge is 0.299 e. The fourth-order valence-electron chi connectivity index (χ4n) is 5.23. The summed E-state index contributed by atoms with van der Waals surface area (Å²) in [6.07, 6.45) is -3.34. The van der Waals surface area contributed by atoms with E-state index in [9.17, 15) is 26.4 Å². The maximum absolute atomic E-state index is 13.4. The maximum Gasteiger partial charge on any atom is 0.389 e. The quantitative estimate of drug-likeness (QED) is 0.506. The lowest BCUT2D eigenvalue weighted by Gasteiger charge is -2.37. The molecule has 0 heterocycles. The van der Waals surface area contributed by atoms with E-state index in [1.807, 2.05) is 19.9 Å². The molecule has 0 spiro atoms. The van der Waals surface area contributed by atoms with E-state index in [1.54, 1.807) is 24.3 Å². The first-order chi connectivity index (χ1) is 13.9. The second kappa shape index (κ2) is 8.26. The van der Waals surface area contributed by atoms with Crippen LogP contribution in [0, 0.1) is 16.7 Å². The van der Waals surface area contributed by atoms with E-state index in [2.05, 4.69) is 0 Å². The summed E-state index contributed by atoms with van der Waals surface area (Å²) in [5.74, 6) is -0.0346. The molecule has 2 aliphatic rings. The number of Topliss-reactive ketones (excluding diaryl/α,β-unsaturated/α-hetero) is 1. The van der Waals surface area contributed by atoms with Crippen molar-refractivity contribution in [1.29, 1.82) is 0 Å². The van der Waals surface area contributed by atoms with Crippen molar-refractivity contribution in [3.63, 3.8) is 0 Å². The molecule has 0 radical (unpaired) electrons. The number of hydrogen-bond donors (Lipinski definition) is 0. The number of benzene rings is 1. The predicted molar refractivity (Wildman–Crippen MR) is 109 cm³/mol. The van der Waals surface area contributed by atoms with Gasteiger partial charge in [-0.25, -0.2) is 8.42 Å². The summed E-state index contributed by atoms with van der Waals surface area (Å²) in [5, 5.41) is 0. The largest absolute Gasteiger partial charge is 0.389 e. The minimum absolute atomic E-state index is 0.0153. The molecule has 8 heteroatoms. The van der Waals surface area contributed by atoms with Crippen LogP contribution in [0.5, 0.6) is 0 Å². The molecule has 2 atom stereocenters. The number of ketones is 1. The van der Waals surface area contributed by atoms with Crippen molar-refractivity contribution in [2.45, 2.75) is 65.1 Å². The van der Waals surface area contributed by atoms with E-state index < -0.39 is 28.0 Å². The van der Waals surface area contributed by atoms with E-state index in [0.717, 1.165) is 12.0 Å². The molecule has 1 aromatic rings. The zero-order valence-corrected chi connectivity index (χ0v) is 18.4. The van der Waals surface area contributed by atoms with Gasteiger partial charge in [-0.05, 0) is 42.6 Å². The molecule has 2 bridgehead atoms. The monoisotopic (exact) mass is 445 g/mol. The molecule has 0 aromatic heterocycles. The number of halogens is 3. The lowest BCUT2D eigenvalue weighted by atomic mass is 9.70. The van der Waals surface area contributed by atoms with Gasteiger partial charge in [-0.15, -0.1) is 0 Å². The Kier molecular flexibility index (Phi) is 6.41. The highest BCUT2D eigenvalue weighted by Crippen LogP contribution is 2.64. The van der Waals surface area contributed by atoms with Gasteiger partial charge in [0.2, 0.25) is 10.0 Å². The number of rotatable bonds is 9. The minimum atomic E-state index is -4.25. The zero-order chi connectivity index (χ0) is 22.2. The Morgan fingerprint density at radius 3 is 2.33 bits per heavy atom. The van der Waals surface area contributed by atoms with E-state index in [1.165, 1.54) is 4.31 Å². The van der Waals surface area contributed by atoms with Crippen LogP contribution >= 0.6 is 0 Å². The van der Waals surface area contributed by atoms with Gasteiger partial charge in [0, 0.05) is 31.3 Å². The van der Waals surface area contributed by atoms with Crippen LogP contribution in [0.1, 0.15) is 57.9 Å². The molecule has 2 aliphatic carbocycles. The van der Waals surface area contributed by atoms with Gasteiger partial charge < -0.3 is 0 Å². The van der Waals surface area contributed by atoms with Crippen LogP contribution in [0.15, 0.2) is 30.3 Å². The Morgan fingerprint density at radius 1 is 1.13 bits per heavy atom. The number of sulfonamides is 1. The van der Waals surface area contributed by atoms with E-state index in [4.69, 9.17) is 0 Å². The van der Waals surface area contributed by atoms with Crippen molar-refractivity contribution in [1.82, 2.24) is 4.31 Å². The number of unbranched alkanes of at least 4 members (excludes halogenated alkanes) is 1. The summed E-state index contributed by atoms with van der Waals surface area (Å²) in [4.78, 5) is 12.8. The third-order valence-corrected chi connectivity index (χ3v) is 9.24. The van der Waals surface area contributed by atoms with Gasteiger partial charge in [0.15, 0.2) is 0 Å². The molecule has 0 saturated heterocycles. The average molecular weight is 446 g/mol. The van der Waals surface area contributed by atoms with Crippen molar-refractivity contribution in [3.8, 4) is 0 Å². The molecule has 2 saturated carbocycles. The summed E-state index contributed by atoms with van der Waals surface area (Å²) < 4.78 is 65.7. The minimum Gasteiger partial charge on any atom is -0.299 e. The number of carbonyl (C=O) groups is 1. The summed E-state index contributed by atoms with van der Waals surface area (Å²) >= 11 is 0. The SMILES string of the molecule is CC1(C)C2CC[C@]1(CS(=O)(=O)N(CCCCC(F)(F)F)Cc1ccccc1)C(=O)C2. The van der Waals surface area contributed by atoms with E-state index >= 15 is 0 Å². The fourth-order valence-corrected chi connectivity index (χ4v) is 7.46. The predicted octanol–water partition coefficient (Wildman–Crippen LogP) is 4.95. The third-order valence-electron chi connectivity index (χ3n) is 7.28. The maximum atomic E-state index is 13.4. The fraction of sp³-hybridized carbons (Fsp3) is 0.682. The third kappa shape index (κ3) is 4.59. The second-order valence-electron chi connectivity index (χ2n) is 9.31. The van der Waals surface area contributed by atoms with Crippen LogP contribution in [0.3, 0.4) is 0 Å². The first-order valence-corrected chi connectivity index (χ1v) is 12.1. The first kappa shape index (κ1) is 23.3. The lowest BCUT2D eigenvalue weighted by Crippen LogP contribution is -2.46. The average Bonchev–Trinajstić information content (AvgIpc) is 2.98. The van der Waals surface area contributed by atoms with Crippen LogP contribution in [-0.4, -0.2) is 37.0 Å². The Hall–Kier alpha value is -1.41. The van der Waals surface area contributed by atoms with Crippen molar-refractivity contribution in [3.05, 3.63) is 35.9 Å². The number of carbonyl (C=O) groups excluding carboxylic acids is 1. The molecular formula is C22H30F3NO3S. The molecule has 4 nitrogen and oxygen atoms in total. The van der Waals surface area contributed by atoms with Crippen molar-refractivity contribution < 1.29 is 26.4 Å². The van der Waals surface area contributed by atoms with Gasteiger partial charge in [0.1, 0.15) is 5.78 Å². The standard InChI is InChI=1S/C22H30F3NO3S/c1-20(2)18-10-12-21(20,19(27)14-18)16-30(28,29)26(13-7-6-11-22(23,24)25)15-17-8-4-3-5-9-17/h3-5,8-9,18H,6-7,10-16H2,1-2H3/t18?,21-/m0/s1. The molecule has 0 amide bonds. The Morgan fingerprint density at radius 2 is 1.80 bits per heavy atom. The van der Waals surface area contributed by atoms with Gasteiger partial charge in [-0.3, -0.25) is 4.79 Å². The highest BCUT2D eigenvalue weighted by molar-refractivity contribution is 7.89. The van der Waals surface area contributed by atoms with Gasteiger partial charge in [-0.2, -0.15) is 17.5 Å². The van der Waals surface area contributed by atoms with E-state index in [0.29, 0.717) is 12.8 Å². The van der Waals surface area contributed by atoms with Crippen molar-refractivity contribution in [2.75, 3.05) is 12.3 Å². The Labute approximate surface area is 176 Å². The zero-order valence-electron chi connectivity index (χ0n) is 17.5. The van der Waals surface area contributed by atoms with Crippen LogP contribution in [0.4, 0.5) is 13.2 Å². The summed E-state index contributed by atoms with van der Waals surface area (Å²) in [5.41, 5.74) is -0.501. The number of hydrogen-bond acceptors (Lipinski definition) is 3. The molecule has 1 unspecified atom stereocenters. The topological polar surface area (TPSA) is 54.5 Å². The molecule has 168 valence electrons. The lowest BCUT2D eigenvalue weighted by molar-refractivity contribution is -0.135. The first-order valence-electron chi connectivity index (χ1n) is 10.5. The van der Waals surface area contributed by atoms with Crippen molar-refractivity contribution >= 4 is 15.8 Å². The molecule has 30 heavy (non-hydrogen) atoms. The molecule has 0 N–H and O–H groups in total. The van der Waals surface area contributed by atoms with Crippen LogP contribution in [0.25, 0.3) is 0 Å². The van der Waals surface area contributed by atoms with Crippen molar-refractivity contribution in [2.24, 2.45) is 16.7 Å². The highest BCUT2D eigenvalue weighted by atomic mass is 32.2. The number of fused-ring (bicyclic) bond motifs is 2. The number of nitrogens with zero attached hydrogens (tertiary/aromatic N) is 1. The second-order valence-corrected chi connectivity index (χ2v) is 11.3. The highest BCUT2D eigenvalue weighted by Gasteiger charge is 2.65. The van der Waals surface area contributed by atoms with E-state index in [-0.39, 0.29) is 48.8 Å². The molecule has 3 rings (SSSR count). The number of alkyl halides is 3. The Balaban J connectivity index is 1.79. The van der Waals surface area contributed by atoms with Gasteiger partial charge in [0.05, 0.1) is 5.75 Å². The normalized spacial score (nSPS) is 25.9. The molecule has 1 aromatic carbocycles. The summed E-state index contributed by atoms with van der Waals surface area (Å²) in [7, 11) is -3.84. The summed E-state index contributed by atoms with van der Waals surface area (Å²) in [6, 6.07) is 9.02. The summed E-state index contributed by atoms with van der Waals surface area (Å²) in [6.45, 7) is 4.08. The molecule has 0 aliphatic heterocycles. The van der Waals surface area contributed by atoms with Gasteiger partial charge >= 0.3 is 6.18 Å². The van der Waals surface area contributed by atoms with Crippen LogP contribution in [0.2, 0.25) is 0 Å².